The van der Waals surface area contributed by atoms with Crippen molar-refractivity contribution >= 4 is 23.0 Å². The smallest absolute Gasteiger partial charge is 0.270 e. The molecule has 0 spiro atoms. The van der Waals surface area contributed by atoms with Crippen molar-refractivity contribution < 1.29 is 14.5 Å². The van der Waals surface area contributed by atoms with E-state index in [0.717, 1.165) is 18.4 Å². The van der Waals surface area contributed by atoms with Crippen LogP contribution in [0.2, 0.25) is 0 Å². The lowest BCUT2D eigenvalue weighted by Crippen LogP contribution is -2.26. The molecule has 0 aliphatic carbocycles. The van der Waals surface area contributed by atoms with Crippen molar-refractivity contribution in [2.24, 2.45) is 0 Å². The van der Waals surface area contributed by atoms with Gasteiger partial charge in [-0.15, -0.1) is 0 Å². The number of nitro groups is 1. The Bertz CT molecular complexity index is 901. The Morgan fingerprint density at radius 1 is 1.33 bits per heavy atom. The number of nitrogens with zero attached hydrogens (tertiary/aromatic N) is 2. The van der Waals surface area contributed by atoms with Crippen molar-refractivity contribution in [1.29, 1.82) is 5.26 Å². The molecule has 1 aliphatic rings. The zero-order valence-electron chi connectivity index (χ0n) is 14.5. The summed E-state index contributed by atoms with van der Waals surface area (Å²) in [5.74, 6) is -0.153. The standard InChI is InChI=1S/C19H18N4O4/c20-11-14-10-16(23(25)26)6-7-17(14)21-12-13-3-1-4-15(9-13)22-19(24)18-5-2-8-27-18/h1,3-4,6-7,9-10,18,21H,2,5,8,12H2,(H,22,24)/t18-/m1/s1. The number of non-ortho nitro benzene ring substituents is 1. The van der Waals surface area contributed by atoms with Crippen molar-refractivity contribution in [3.05, 3.63) is 63.7 Å². The molecule has 0 aromatic heterocycles. The predicted octanol–water partition coefficient (Wildman–Crippen LogP) is 3.20. The van der Waals surface area contributed by atoms with Crippen molar-refractivity contribution in [2.75, 3.05) is 17.2 Å². The van der Waals surface area contributed by atoms with Gasteiger partial charge >= 0.3 is 0 Å². The van der Waals surface area contributed by atoms with Crippen LogP contribution in [0.25, 0.3) is 0 Å². The topological polar surface area (TPSA) is 117 Å². The number of benzene rings is 2. The molecule has 0 unspecified atom stereocenters. The number of nitrogens with one attached hydrogen (secondary N) is 2. The number of ether oxygens (including phenoxy) is 1. The molecule has 1 heterocycles. The first-order valence-electron chi connectivity index (χ1n) is 8.50. The van der Waals surface area contributed by atoms with Gasteiger partial charge in [0, 0.05) is 31.0 Å². The van der Waals surface area contributed by atoms with Gasteiger partial charge in [0.1, 0.15) is 12.2 Å². The van der Waals surface area contributed by atoms with Crippen molar-refractivity contribution in [3.63, 3.8) is 0 Å². The van der Waals surface area contributed by atoms with Crippen LogP contribution in [0.15, 0.2) is 42.5 Å². The van der Waals surface area contributed by atoms with E-state index in [0.29, 0.717) is 24.5 Å². The van der Waals surface area contributed by atoms with Crippen molar-refractivity contribution in [1.82, 2.24) is 0 Å². The average molecular weight is 366 g/mol. The molecule has 1 aliphatic heterocycles. The van der Waals surface area contributed by atoms with Crippen molar-refractivity contribution in [2.45, 2.75) is 25.5 Å². The molecule has 27 heavy (non-hydrogen) atoms. The van der Waals surface area contributed by atoms with Gasteiger partial charge in [-0.05, 0) is 36.6 Å². The molecule has 3 rings (SSSR count). The lowest BCUT2D eigenvalue weighted by Gasteiger charge is -2.12. The summed E-state index contributed by atoms with van der Waals surface area (Å²) in [5, 5.41) is 26.0. The SMILES string of the molecule is N#Cc1cc([N+](=O)[O-])ccc1NCc1cccc(NC(=O)[C@H]2CCCO2)c1. The van der Waals surface area contributed by atoms with Gasteiger partial charge in [0.05, 0.1) is 16.2 Å². The largest absolute Gasteiger partial charge is 0.380 e. The summed E-state index contributed by atoms with van der Waals surface area (Å²) in [7, 11) is 0. The Kier molecular flexibility index (Phi) is 5.64. The maximum Gasteiger partial charge on any atom is 0.270 e. The van der Waals surface area contributed by atoms with Crippen LogP contribution in [0, 0.1) is 21.4 Å². The first-order valence-corrected chi connectivity index (χ1v) is 8.50. The second-order valence-electron chi connectivity index (χ2n) is 6.14. The van der Waals surface area contributed by atoms with E-state index >= 15 is 0 Å². The Labute approximate surface area is 155 Å². The molecule has 8 heteroatoms. The molecule has 1 saturated heterocycles. The summed E-state index contributed by atoms with van der Waals surface area (Å²) in [6.07, 6.45) is 1.22. The lowest BCUT2D eigenvalue weighted by molar-refractivity contribution is -0.384. The fraction of sp³-hybridized carbons (Fsp3) is 0.263. The van der Waals surface area contributed by atoms with Gasteiger partial charge in [0.15, 0.2) is 0 Å². The molecular weight excluding hydrogens is 348 g/mol. The van der Waals surface area contributed by atoms with Crippen LogP contribution in [0.3, 0.4) is 0 Å². The van der Waals surface area contributed by atoms with E-state index < -0.39 is 11.0 Å². The third kappa shape index (κ3) is 4.59. The number of anilines is 2. The van der Waals surface area contributed by atoms with Crippen LogP contribution >= 0.6 is 0 Å². The summed E-state index contributed by atoms with van der Waals surface area (Å²) in [6, 6.07) is 13.4. The summed E-state index contributed by atoms with van der Waals surface area (Å²) >= 11 is 0. The average Bonchev–Trinajstić information content (AvgIpc) is 3.21. The number of rotatable bonds is 6. The number of amides is 1. The molecule has 2 aromatic rings. The van der Waals surface area contributed by atoms with Crippen LogP contribution in [-0.4, -0.2) is 23.5 Å². The highest BCUT2D eigenvalue weighted by Gasteiger charge is 2.23. The maximum absolute atomic E-state index is 12.1. The number of carbonyl (C=O) groups excluding carboxylic acids is 1. The highest BCUT2D eigenvalue weighted by atomic mass is 16.6. The second-order valence-corrected chi connectivity index (χ2v) is 6.14. The van der Waals surface area contributed by atoms with Gasteiger partial charge in [0.25, 0.3) is 11.6 Å². The zero-order chi connectivity index (χ0) is 19.2. The van der Waals surface area contributed by atoms with Gasteiger partial charge in [-0.25, -0.2) is 0 Å². The monoisotopic (exact) mass is 366 g/mol. The Balaban J connectivity index is 1.65. The molecule has 1 fully saturated rings. The first kappa shape index (κ1) is 18.4. The molecule has 2 N–H and O–H groups in total. The molecule has 0 radical (unpaired) electrons. The van der Waals surface area contributed by atoms with Gasteiger partial charge in [0.2, 0.25) is 0 Å². The third-order valence-electron chi connectivity index (χ3n) is 4.23. The van der Waals surface area contributed by atoms with Crippen LogP contribution in [0.4, 0.5) is 17.1 Å². The third-order valence-corrected chi connectivity index (χ3v) is 4.23. The number of carbonyl (C=O) groups is 1. The van der Waals surface area contributed by atoms with E-state index in [9.17, 15) is 20.2 Å². The van der Waals surface area contributed by atoms with E-state index in [2.05, 4.69) is 10.6 Å². The summed E-state index contributed by atoms with van der Waals surface area (Å²) in [5.41, 5.74) is 2.14. The highest BCUT2D eigenvalue weighted by Crippen LogP contribution is 2.22. The van der Waals surface area contributed by atoms with E-state index in [4.69, 9.17) is 4.74 Å². The molecule has 138 valence electrons. The number of hydrogen-bond acceptors (Lipinski definition) is 6. The van der Waals surface area contributed by atoms with Gasteiger partial charge < -0.3 is 15.4 Å². The molecule has 1 amide bonds. The van der Waals surface area contributed by atoms with Gasteiger partial charge in [-0.3, -0.25) is 14.9 Å². The van der Waals surface area contributed by atoms with Crippen LogP contribution in [0.1, 0.15) is 24.0 Å². The zero-order valence-corrected chi connectivity index (χ0v) is 14.5. The minimum Gasteiger partial charge on any atom is -0.380 e. The predicted molar refractivity (Wildman–Crippen MR) is 99.2 cm³/mol. The molecule has 0 saturated carbocycles. The Morgan fingerprint density at radius 3 is 2.89 bits per heavy atom. The van der Waals surface area contributed by atoms with E-state index in [-0.39, 0.29) is 17.2 Å². The number of nitriles is 1. The maximum atomic E-state index is 12.1. The minimum absolute atomic E-state index is 0.129. The minimum atomic E-state index is -0.537. The number of nitro benzene ring substituents is 1. The van der Waals surface area contributed by atoms with E-state index in [1.807, 2.05) is 24.3 Å². The lowest BCUT2D eigenvalue weighted by atomic mass is 10.1. The fourth-order valence-electron chi connectivity index (χ4n) is 2.86. The van der Waals surface area contributed by atoms with Crippen LogP contribution in [-0.2, 0) is 16.1 Å². The van der Waals surface area contributed by atoms with Crippen molar-refractivity contribution in [3.8, 4) is 6.07 Å². The molecule has 2 aromatic carbocycles. The molecule has 8 nitrogen and oxygen atoms in total. The Morgan fingerprint density at radius 2 is 2.19 bits per heavy atom. The van der Waals surface area contributed by atoms with Crippen LogP contribution in [0.5, 0.6) is 0 Å². The molecule has 1 atom stereocenters. The highest BCUT2D eigenvalue weighted by molar-refractivity contribution is 5.94. The number of hydrogen-bond donors (Lipinski definition) is 2. The summed E-state index contributed by atoms with van der Waals surface area (Å²) in [6.45, 7) is 1.01. The van der Waals surface area contributed by atoms with Crippen LogP contribution < -0.4 is 10.6 Å². The first-order chi connectivity index (χ1) is 13.1. The van der Waals surface area contributed by atoms with E-state index in [1.54, 1.807) is 6.07 Å². The molecule has 0 bridgehead atoms. The van der Waals surface area contributed by atoms with E-state index in [1.165, 1.54) is 18.2 Å². The second kappa shape index (κ2) is 8.29. The summed E-state index contributed by atoms with van der Waals surface area (Å²) < 4.78 is 5.37. The Hall–Kier alpha value is -3.44. The normalized spacial score (nSPS) is 15.7. The summed E-state index contributed by atoms with van der Waals surface area (Å²) in [4.78, 5) is 22.4. The molecular formula is C19H18N4O4. The van der Waals surface area contributed by atoms with Gasteiger partial charge in [-0.1, -0.05) is 12.1 Å². The fourth-order valence-corrected chi connectivity index (χ4v) is 2.86. The quantitative estimate of drug-likeness (QED) is 0.599. The van der Waals surface area contributed by atoms with Gasteiger partial charge in [-0.2, -0.15) is 5.26 Å².